The highest BCUT2D eigenvalue weighted by molar-refractivity contribution is 5.79. The minimum absolute atomic E-state index is 0.0174. The maximum Gasteiger partial charge on any atom is 0.224 e. The number of rotatable bonds is 8. The molecule has 3 rings (SSSR count). The van der Waals surface area contributed by atoms with Gasteiger partial charge in [0.15, 0.2) is 0 Å². The molecule has 0 bridgehead atoms. The van der Waals surface area contributed by atoms with Crippen molar-refractivity contribution in [1.82, 2.24) is 15.6 Å². The molecule has 0 unspecified atom stereocenters. The number of pyridine rings is 1. The molecule has 2 heterocycles. The molecule has 2 fully saturated rings. The number of carbonyl (C=O) groups excluding carboxylic acids is 2. The van der Waals surface area contributed by atoms with Crippen molar-refractivity contribution in [3.63, 3.8) is 0 Å². The molecular formula is C22H33N3O4. The Kier molecular flexibility index (Phi) is 8.43. The fourth-order valence-electron chi connectivity index (χ4n) is 4.30. The largest absolute Gasteiger partial charge is 0.394 e. The number of nitrogens with zero attached hydrogens (tertiary/aromatic N) is 1. The van der Waals surface area contributed by atoms with E-state index < -0.39 is 0 Å². The summed E-state index contributed by atoms with van der Waals surface area (Å²) in [5, 5.41) is 15.8. The van der Waals surface area contributed by atoms with E-state index in [0.29, 0.717) is 19.4 Å². The third-order valence-electron chi connectivity index (χ3n) is 6.00. The summed E-state index contributed by atoms with van der Waals surface area (Å²) < 4.78 is 6.01. The van der Waals surface area contributed by atoms with Crippen LogP contribution in [0.25, 0.3) is 0 Å². The molecule has 7 heteroatoms. The highest BCUT2D eigenvalue weighted by Crippen LogP contribution is 2.26. The Labute approximate surface area is 172 Å². The zero-order valence-electron chi connectivity index (χ0n) is 17.0. The molecule has 0 radical (unpaired) electrons. The van der Waals surface area contributed by atoms with E-state index in [2.05, 4.69) is 15.6 Å². The summed E-state index contributed by atoms with van der Waals surface area (Å²) in [6.07, 6.45) is 11.0. The molecule has 1 aliphatic heterocycles. The molecule has 7 nitrogen and oxygen atoms in total. The first-order valence-electron chi connectivity index (χ1n) is 10.9. The summed E-state index contributed by atoms with van der Waals surface area (Å²) in [6, 6.07) is 3.53. The van der Waals surface area contributed by atoms with Gasteiger partial charge in [0.2, 0.25) is 11.8 Å². The zero-order chi connectivity index (χ0) is 20.5. The van der Waals surface area contributed by atoms with Crippen LogP contribution in [0, 0.1) is 5.92 Å². The number of nitrogens with one attached hydrogen (secondary N) is 2. The van der Waals surface area contributed by atoms with Gasteiger partial charge >= 0.3 is 0 Å². The third-order valence-corrected chi connectivity index (χ3v) is 6.00. The van der Waals surface area contributed by atoms with Gasteiger partial charge in [-0.15, -0.1) is 0 Å². The molecular weight excluding hydrogens is 370 g/mol. The summed E-state index contributed by atoms with van der Waals surface area (Å²) in [7, 11) is 0. The van der Waals surface area contributed by atoms with Gasteiger partial charge in [0.25, 0.3) is 0 Å². The van der Waals surface area contributed by atoms with Gasteiger partial charge < -0.3 is 20.5 Å². The molecule has 1 aromatic heterocycles. The van der Waals surface area contributed by atoms with Crippen molar-refractivity contribution in [3.05, 3.63) is 30.1 Å². The van der Waals surface area contributed by atoms with Crippen LogP contribution in [0.1, 0.15) is 56.9 Å². The Morgan fingerprint density at radius 3 is 2.59 bits per heavy atom. The second-order valence-corrected chi connectivity index (χ2v) is 8.18. The fourth-order valence-corrected chi connectivity index (χ4v) is 4.30. The monoisotopic (exact) mass is 403 g/mol. The minimum Gasteiger partial charge on any atom is -0.394 e. The highest BCUT2D eigenvalue weighted by Gasteiger charge is 2.33. The third kappa shape index (κ3) is 6.78. The van der Waals surface area contributed by atoms with Crippen molar-refractivity contribution in [2.75, 3.05) is 13.2 Å². The molecule has 1 saturated carbocycles. The summed E-state index contributed by atoms with van der Waals surface area (Å²) in [5.41, 5.74) is 0.934. The van der Waals surface area contributed by atoms with E-state index in [1.807, 2.05) is 12.1 Å². The Balaban J connectivity index is 1.37. The lowest BCUT2D eigenvalue weighted by atomic mass is 9.88. The van der Waals surface area contributed by atoms with Crippen molar-refractivity contribution < 1.29 is 19.4 Å². The first-order valence-corrected chi connectivity index (χ1v) is 10.9. The van der Waals surface area contributed by atoms with E-state index in [1.54, 1.807) is 12.4 Å². The van der Waals surface area contributed by atoms with Crippen molar-refractivity contribution in [2.24, 2.45) is 5.92 Å². The number of hydrogen-bond acceptors (Lipinski definition) is 5. The zero-order valence-corrected chi connectivity index (χ0v) is 17.0. The summed E-state index contributed by atoms with van der Waals surface area (Å²) in [6.45, 7) is 0.423. The molecule has 0 spiro atoms. The normalized spacial score (nSPS) is 25.3. The van der Waals surface area contributed by atoms with E-state index >= 15 is 0 Å². The predicted octanol–water partition coefficient (Wildman–Crippen LogP) is 1.74. The number of carbonyl (C=O) groups is 2. The predicted molar refractivity (Wildman–Crippen MR) is 109 cm³/mol. The van der Waals surface area contributed by atoms with Crippen LogP contribution in [0.15, 0.2) is 24.5 Å². The lowest BCUT2D eigenvalue weighted by Crippen LogP contribution is -2.52. The number of amides is 2. The van der Waals surface area contributed by atoms with Gasteiger partial charge in [-0.1, -0.05) is 19.3 Å². The van der Waals surface area contributed by atoms with Crippen LogP contribution in [-0.2, 0) is 20.7 Å². The summed E-state index contributed by atoms with van der Waals surface area (Å²) >= 11 is 0. The quantitative estimate of drug-likeness (QED) is 0.614. The molecule has 160 valence electrons. The van der Waals surface area contributed by atoms with E-state index in [-0.39, 0.29) is 42.6 Å². The van der Waals surface area contributed by atoms with Gasteiger partial charge in [-0.3, -0.25) is 14.6 Å². The van der Waals surface area contributed by atoms with Gasteiger partial charge in [-0.2, -0.15) is 0 Å². The van der Waals surface area contributed by atoms with Crippen LogP contribution in [0.2, 0.25) is 0 Å². The molecule has 2 amide bonds. The first-order chi connectivity index (χ1) is 14.2. The molecule has 3 atom stereocenters. The van der Waals surface area contributed by atoms with Crippen LogP contribution >= 0.6 is 0 Å². The Morgan fingerprint density at radius 2 is 1.86 bits per heavy atom. The molecule has 3 N–H and O–H groups in total. The van der Waals surface area contributed by atoms with E-state index in [1.165, 1.54) is 6.42 Å². The Bertz CT molecular complexity index is 649. The number of aliphatic hydroxyl groups is 1. The molecule has 29 heavy (non-hydrogen) atoms. The van der Waals surface area contributed by atoms with Crippen molar-refractivity contribution in [3.8, 4) is 0 Å². The Hall–Kier alpha value is -1.99. The standard InChI is InChI=1S/C22H33N3O4/c26-15-20-19(25-22(28)17-4-2-1-3-5-17)7-6-18(29-20)10-13-24-21(27)14-16-8-11-23-12-9-16/h8-9,11-12,17-20,26H,1-7,10,13-15H2,(H,24,27)(H,25,28)/t18-,19-,20+/m1/s1. The number of aromatic nitrogens is 1. The van der Waals surface area contributed by atoms with Gasteiger partial charge in [-0.05, 0) is 49.8 Å². The van der Waals surface area contributed by atoms with Crippen LogP contribution in [0.4, 0.5) is 0 Å². The van der Waals surface area contributed by atoms with Gasteiger partial charge in [0.05, 0.1) is 25.2 Å². The second kappa shape index (κ2) is 11.3. The minimum atomic E-state index is -0.381. The van der Waals surface area contributed by atoms with Crippen molar-refractivity contribution >= 4 is 11.8 Å². The molecule has 1 aromatic rings. The molecule has 1 aliphatic carbocycles. The fraction of sp³-hybridized carbons (Fsp3) is 0.682. The SMILES string of the molecule is O=C(Cc1ccncc1)NCC[C@H]1CC[C@@H](NC(=O)C2CCCCC2)[C@H](CO)O1. The topological polar surface area (TPSA) is 101 Å². The average molecular weight is 404 g/mol. The van der Waals surface area contributed by atoms with Gasteiger partial charge in [0, 0.05) is 24.9 Å². The lowest BCUT2D eigenvalue weighted by Gasteiger charge is -2.37. The number of hydrogen-bond donors (Lipinski definition) is 3. The molecule has 0 aromatic carbocycles. The van der Waals surface area contributed by atoms with Crippen LogP contribution in [0.5, 0.6) is 0 Å². The Morgan fingerprint density at radius 1 is 1.10 bits per heavy atom. The summed E-state index contributed by atoms with van der Waals surface area (Å²) in [5.74, 6) is 0.193. The molecule has 1 saturated heterocycles. The second-order valence-electron chi connectivity index (χ2n) is 8.18. The maximum absolute atomic E-state index is 12.5. The van der Waals surface area contributed by atoms with E-state index in [0.717, 1.165) is 44.1 Å². The van der Waals surface area contributed by atoms with Crippen LogP contribution in [0.3, 0.4) is 0 Å². The first kappa shape index (κ1) is 21.7. The van der Waals surface area contributed by atoms with Crippen LogP contribution in [-0.4, -0.2) is 53.3 Å². The lowest BCUT2D eigenvalue weighted by molar-refractivity contribution is -0.133. The van der Waals surface area contributed by atoms with Crippen molar-refractivity contribution in [2.45, 2.75) is 76.0 Å². The van der Waals surface area contributed by atoms with Gasteiger partial charge in [0.1, 0.15) is 6.10 Å². The van der Waals surface area contributed by atoms with E-state index in [9.17, 15) is 14.7 Å². The van der Waals surface area contributed by atoms with Gasteiger partial charge in [-0.25, -0.2) is 0 Å². The number of aliphatic hydroxyl groups excluding tert-OH is 1. The number of ether oxygens (including phenoxy) is 1. The molecule has 2 aliphatic rings. The highest BCUT2D eigenvalue weighted by atomic mass is 16.5. The summed E-state index contributed by atoms with van der Waals surface area (Å²) in [4.78, 5) is 28.5. The smallest absolute Gasteiger partial charge is 0.224 e. The maximum atomic E-state index is 12.5. The average Bonchev–Trinajstić information content (AvgIpc) is 2.76. The van der Waals surface area contributed by atoms with E-state index in [4.69, 9.17) is 4.74 Å². The van der Waals surface area contributed by atoms with Crippen molar-refractivity contribution in [1.29, 1.82) is 0 Å². The van der Waals surface area contributed by atoms with Crippen LogP contribution < -0.4 is 10.6 Å².